The lowest BCUT2D eigenvalue weighted by Crippen LogP contribution is -2.18. The third kappa shape index (κ3) is 5.28. The van der Waals surface area contributed by atoms with Crippen LogP contribution in [0.4, 0.5) is 0 Å². The Hall–Kier alpha value is -1.15. The summed E-state index contributed by atoms with van der Waals surface area (Å²) in [5.41, 5.74) is 3.29. The van der Waals surface area contributed by atoms with Crippen molar-refractivity contribution in [3.63, 3.8) is 0 Å². The molecule has 0 aromatic heterocycles. The molecule has 0 atom stereocenters. The molecule has 0 bridgehead atoms. The molecule has 0 aliphatic carbocycles. The van der Waals surface area contributed by atoms with Crippen LogP contribution in [0.3, 0.4) is 0 Å². The van der Waals surface area contributed by atoms with Crippen molar-refractivity contribution < 1.29 is 9.90 Å². The van der Waals surface area contributed by atoms with Gasteiger partial charge in [-0.3, -0.25) is 4.79 Å². The van der Waals surface area contributed by atoms with E-state index in [1.807, 2.05) is 12.1 Å². The van der Waals surface area contributed by atoms with Gasteiger partial charge in [-0.1, -0.05) is 47.6 Å². The van der Waals surface area contributed by atoms with Crippen molar-refractivity contribution in [1.82, 2.24) is 0 Å². The number of aliphatic hydroxyl groups excluding tert-OH is 1. The van der Waals surface area contributed by atoms with Crippen molar-refractivity contribution in [2.24, 2.45) is 0 Å². The minimum absolute atomic E-state index is 0.0292. The number of hydrogen-bond acceptors (Lipinski definition) is 2. The zero-order chi connectivity index (χ0) is 16.3. The Labute approximate surface area is 129 Å². The van der Waals surface area contributed by atoms with E-state index in [-0.39, 0.29) is 23.2 Å². The second-order valence-electron chi connectivity index (χ2n) is 7.90. The lowest BCUT2D eigenvalue weighted by Gasteiger charge is -2.26. The molecule has 0 aliphatic rings. The van der Waals surface area contributed by atoms with Gasteiger partial charge in [0.25, 0.3) is 0 Å². The Morgan fingerprint density at radius 1 is 0.905 bits per heavy atom. The van der Waals surface area contributed by atoms with Gasteiger partial charge in [-0.05, 0) is 46.9 Å². The average molecular weight is 290 g/mol. The van der Waals surface area contributed by atoms with E-state index in [2.05, 4.69) is 47.6 Å². The number of ketones is 1. The molecule has 0 aliphatic heterocycles. The fourth-order valence-corrected chi connectivity index (χ4v) is 2.20. The summed E-state index contributed by atoms with van der Waals surface area (Å²) in [6.45, 7) is 13.2. The Kier molecular flexibility index (Phi) is 5.75. The van der Waals surface area contributed by atoms with Crippen LogP contribution in [0.25, 0.3) is 0 Å². The molecule has 1 aromatic carbocycles. The zero-order valence-corrected chi connectivity index (χ0v) is 14.4. The highest BCUT2D eigenvalue weighted by Crippen LogP contribution is 2.30. The van der Waals surface area contributed by atoms with Crippen LogP contribution in [0.1, 0.15) is 82.3 Å². The summed E-state index contributed by atoms with van der Waals surface area (Å²) in [4.78, 5) is 12.4. The van der Waals surface area contributed by atoms with E-state index in [9.17, 15) is 4.79 Å². The third-order valence-electron chi connectivity index (χ3n) is 3.80. The van der Waals surface area contributed by atoms with Gasteiger partial charge in [0.05, 0.1) is 0 Å². The summed E-state index contributed by atoms with van der Waals surface area (Å²) in [6, 6.07) is 6.30. The van der Waals surface area contributed by atoms with Gasteiger partial charge in [0.1, 0.15) is 0 Å². The van der Waals surface area contributed by atoms with Crippen LogP contribution in [0.2, 0.25) is 0 Å². The lowest BCUT2D eigenvalue weighted by atomic mass is 9.79. The number of benzene rings is 1. The van der Waals surface area contributed by atoms with Crippen LogP contribution in [0.15, 0.2) is 18.2 Å². The summed E-state index contributed by atoms with van der Waals surface area (Å²) in [5.74, 6) is 0.181. The first-order chi connectivity index (χ1) is 9.55. The highest BCUT2D eigenvalue weighted by atomic mass is 16.2. The van der Waals surface area contributed by atoms with Crippen LogP contribution >= 0.6 is 0 Å². The Morgan fingerprint density at radius 2 is 1.38 bits per heavy atom. The number of Topliss-reactive ketones (excluding diaryl/α,β-unsaturated/α-hetero) is 1. The molecule has 1 rings (SSSR count). The molecule has 0 saturated heterocycles. The molecule has 1 aromatic rings. The maximum atomic E-state index is 12.4. The topological polar surface area (TPSA) is 37.3 Å². The van der Waals surface area contributed by atoms with Crippen LogP contribution in [0.5, 0.6) is 0 Å². The quantitative estimate of drug-likeness (QED) is 0.634. The fraction of sp³-hybridized carbons (Fsp3) is 0.632. The van der Waals surface area contributed by atoms with E-state index in [1.54, 1.807) is 0 Å². The molecular formula is C19H30O2. The maximum absolute atomic E-state index is 12.4. The molecule has 0 unspecified atom stereocenters. The number of carbonyl (C=O) groups is 1. The monoisotopic (exact) mass is 290 g/mol. The van der Waals surface area contributed by atoms with E-state index in [4.69, 9.17) is 5.11 Å². The number of hydrogen-bond donors (Lipinski definition) is 1. The lowest BCUT2D eigenvalue weighted by molar-refractivity contribution is 0.0977. The number of unbranched alkanes of at least 4 members (excludes halogenated alkanes) is 1. The summed E-state index contributed by atoms with van der Waals surface area (Å²) in [5, 5.41) is 8.84. The van der Waals surface area contributed by atoms with Gasteiger partial charge in [-0.2, -0.15) is 0 Å². The van der Waals surface area contributed by atoms with Crippen LogP contribution < -0.4 is 0 Å². The molecule has 0 heterocycles. The number of carbonyl (C=O) groups excluding carboxylic acids is 1. The normalized spacial score (nSPS) is 12.5. The first-order valence-corrected chi connectivity index (χ1v) is 7.86. The number of rotatable bonds is 5. The van der Waals surface area contributed by atoms with Crippen LogP contribution in [-0.2, 0) is 10.8 Å². The molecule has 21 heavy (non-hydrogen) atoms. The first-order valence-electron chi connectivity index (χ1n) is 7.86. The maximum Gasteiger partial charge on any atom is 0.162 e. The minimum Gasteiger partial charge on any atom is -0.396 e. The van der Waals surface area contributed by atoms with E-state index >= 15 is 0 Å². The van der Waals surface area contributed by atoms with Crippen molar-refractivity contribution in [2.45, 2.75) is 71.6 Å². The van der Waals surface area contributed by atoms with Crippen molar-refractivity contribution in [3.8, 4) is 0 Å². The molecule has 0 spiro atoms. The predicted octanol–water partition coefficient (Wildman–Crippen LogP) is 4.63. The molecule has 0 amide bonds. The highest BCUT2D eigenvalue weighted by molar-refractivity contribution is 5.96. The van der Waals surface area contributed by atoms with E-state index in [0.29, 0.717) is 12.8 Å². The van der Waals surface area contributed by atoms with Gasteiger partial charge >= 0.3 is 0 Å². The summed E-state index contributed by atoms with van der Waals surface area (Å²) in [7, 11) is 0. The van der Waals surface area contributed by atoms with E-state index in [1.165, 1.54) is 11.1 Å². The standard InChI is InChI=1S/C19H30O2/c1-18(2,3)15-11-14(17(21)9-7-8-10-20)12-16(13-15)19(4,5)6/h11-13,20H,7-10H2,1-6H3. The van der Waals surface area contributed by atoms with Gasteiger partial charge in [-0.25, -0.2) is 0 Å². The van der Waals surface area contributed by atoms with Crippen LogP contribution in [-0.4, -0.2) is 17.5 Å². The summed E-state index contributed by atoms with van der Waals surface area (Å²) in [6.07, 6.45) is 1.95. The molecular weight excluding hydrogens is 260 g/mol. The Bertz CT molecular complexity index is 455. The molecule has 118 valence electrons. The first kappa shape index (κ1) is 17.9. The molecule has 0 radical (unpaired) electrons. The van der Waals surface area contributed by atoms with Gasteiger partial charge in [-0.15, -0.1) is 0 Å². The summed E-state index contributed by atoms with van der Waals surface area (Å²) >= 11 is 0. The van der Waals surface area contributed by atoms with Gasteiger partial charge < -0.3 is 5.11 Å². The fourth-order valence-electron chi connectivity index (χ4n) is 2.20. The van der Waals surface area contributed by atoms with Crippen molar-refractivity contribution in [3.05, 3.63) is 34.9 Å². The van der Waals surface area contributed by atoms with Gasteiger partial charge in [0.15, 0.2) is 5.78 Å². The van der Waals surface area contributed by atoms with E-state index < -0.39 is 0 Å². The molecule has 1 N–H and O–H groups in total. The predicted molar refractivity (Wildman–Crippen MR) is 89.1 cm³/mol. The van der Waals surface area contributed by atoms with Crippen molar-refractivity contribution >= 4 is 5.78 Å². The zero-order valence-electron chi connectivity index (χ0n) is 14.4. The van der Waals surface area contributed by atoms with Gasteiger partial charge in [0, 0.05) is 18.6 Å². The molecule has 2 nitrogen and oxygen atoms in total. The smallest absolute Gasteiger partial charge is 0.162 e. The van der Waals surface area contributed by atoms with Crippen LogP contribution in [0, 0.1) is 0 Å². The Balaban J connectivity index is 3.17. The SMILES string of the molecule is CC(C)(C)c1cc(C(=O)CCCCO)cc(C(C)(C)C)c1. The number of aliphatic hydroxyl groups is 1. The van der Waals surface area contributed by atoms with Crippen molar-refractivity contribution in [1.29, 1.82) is 0 Å². The largest absolute Gasteiger partial charge is 0.396 e. The van der Waals surface area contributed by atoms with Crippen molar-refractivity contribution in [2.75, 3.05) is 6.61 Å². The van der Waals surface area contributed by atoms with E-state index in [0.717, 1.165) is 12.0 Å². The second-order valence-corrected chi connectivity index (χ2v) is 7.90. The van der Waals surface area contributed by atoms with Gasteiger partial charge in [0.2, 0.25) is 0 Å². The highest BCUT2D eigenvalue weighted by Gasteiger charge is 2.22. The molecule has 0 saturated carbocycles. The molecule has 2 heteroatoms. The summed E-state index contributed by atoms with van der Waals surface area (Å²) < 4.78 is 0. The molecule has 0 fully saturated rings. The second kappa shape index (κ2) is 6.74. The third-order valence-corrected chi connectivity index (χ3v) is 3.80. The minimum atomic E-state index is 0.0292. The average Bonchev–Trinajstić information content (AvgIpc) is 2.36. The Morgan fingerprint density at radius 3 is 1.76 bits per heavy atom.